The van der Waals surface area contributed by atoms with Crippen LogP contribution >= 0.6 is 0 Å². The second kappa shape index (κ2) is 5.68. The average Bonchev–Trinajstić information content (AvgIpc) is 2.75. The van der Waals surface area contributed by atoms with Crippen molar-refractivity contribution >= 4 is 0 Å². The number of nitriles is 1. The van der Waals surface area contributed by atoms with Crippen LogP contribution in [0.5, 0.6) is 0 Å². The van der Waals surface area contributed by atoms with Crippen LogP contribution in [0.2, 0.25) is 0 Å². The van der Waals surface area contributed by atoms with E-state index < -0.39 is 0 Å². The van der Waals surface area contributed by atoms with E-state index in [-0.39, 0.29) is 5.82 Å². The second-order valence-electron chi connectivity index (χ2n) is 4.60. The van der Waals surface area contributed by atoms with E-state index in [0.29, 0.717) is 24.2 Å². The molecule has 0 atom stereocenters. The van der Waals surface area contributed by atoms with E-state index >= 15 is 0 Å². The summed E-state index contributed by atoms with van der Waals surface area (Å²) >= 11 is 0. The Bertz CT molecular complexity index is 613. The van der Waals surface area contributed by atoms with Gasteiger partial charge in [0.25, 0.3) is 0 Å². The number of benzene rings is 1. The lowest BCUT2D eigenvalue weighted by atomic mass is 10.1. The van der Waals surface area contributed by atoms with E-state index in [2.05, 4.69) is 6.07 Å². The van der Waals surface area contributed by atoms with Gasteiger partial charge < -0.3 is 4.42 Å². The van der Waals surface area contributed by atoms with Crippen LogP contribution in [0.1, 0.15) is 22.6 Å². The minimum absolute atomic E-state index is 0.323. The summed E-state index contributed by atoms with van der Waals surface area (Å²) in [6.45, 7) is 3.01. The largest absolute Gasteiger partial charge is 0.465 e. The topological polar surface area (TPSA) is 40.2 Å². The van der Waals surface area contributed by atoms with Crippen molar-refractivity contribution in [2.75, 3.05) is 7.05 Å². The third-order valence-corrected chi connectivity index (χ3v) is 2.85. The Morgan fingerprint density at radius 1 is 1.26 bits per heavy atom. The van der Waals surface area contributed by atoms with Crippen LogP contribution in [0.25, 0.3) is 0 Å². The number of hydrogen-bond acceptors (Lipinski definition) is 3. The Kier molecular flexibility index (Phi) is 3.98. The Morgan fingerprint density at radius 3 is 2.68 bits per heavy atom. The lowest BCUT2D eigenvalue weighted by molar-refractivity contribution is 0.284. The summed E-state index contributed by atoms with van der Waals surface area (Å²) in [5.41, 5.74) is 1.19. The van der Waals surface area contributed by atoms with Crippen molar-refractivity contribution < 1.29 is 8.81 Å². The standard InChI is InChI=1S/C15H15FN2O/c1-11-3-6-15(19-11)10-18(2)9-13-7-14(16)5-4-12(13)8-17/h3-7H,9-10H2,1-2H3. The molecule has 98 valence electrons. The zero-order valence-electron chi connectivity index (χ0n) is 11.0. The Morgan fingerprint density at radius 2 is 2.05 bits per heavy atom. The van der Waals surface area contributed by atoms with E-state index in [1.165, 1.54) is 18.2 Å². The lowest BCUT2D eigenvalue weighted by Crippen LogP contribution is -2.17. The summed E-state index contributed by atoms with van der Waals surface area (Å²) in [7, 11) is 1.91. The first-order valence-corrected chi connectivity index (χ1v) is 6.01. The van der Waals surface area contributed by atoms with Crippen molar-refractivity contribution in [3.63, 3.8) is 0 Å². The summed E-state index contributed by atoms with van der Waals surface area (Å²) in [6, 6.07) is 10.1. The Hall–Kier alpha value is -2.12. The molecule has 0 N–H and O–H groups in total. The van der Waals surface area contributed by atoms with Gasteiger partial charge in [-0.15, -0.1) is 0 Å². The van der Waals surface area contributed by atoms with E-state index in [4.69, 9.17) is 9.68 Å². The van der Waals surface area contributed by atoms with Gasteiger partial charge in [-0.3, -0.25) is 4.90 Å². The molecule has 0 bridgehead atoms. The summed E-state index contributed by atoms with van der Waals surface area (Å²) in [4.78, 5) is 1.98. The van der Waals surface area contributed by atoms with Gasteiger partial charge in [0.2, 0.25) is 0 Å². The molecule has 0 saturated heterocycles. The molecule has 2 rings (SSSR count). The molecular formula is C15H15FN2O. The highest BCUT2D eigenvalue weighted by atomic mass is 19.1. The van der Waals surface area contributed by atoms with Crippen molar-refractivity contribution in [1.29, 1.82) is 5.26 Å². The first kappa shape index (κ1) is 13.3. The maximum Gasteiger partial charge on any atom is 0.123 e. The first-order chi connectivity index (χ1) is 9.08. The fourth-order valence-electron chi connectivity index (χ4n) is 1.99. The summed E-state index contributed by atoms with van der Waals surface area (Å²) in [6.07, 6.45) is 0. The highest BCUT2D eigenvalue weighted by Crippen LogP contribution is 2.15. The maximum absolute atomic E-state index is 13.2. The van der Waals surface area contributed by atoms with E-state index in [9.17, 15) is 4.39 Å². The van der Waals surface area contributed by atoms with E-state index in [0.717, 1.165) is 11.5 Å². The fraction of sp³-hybridized carbons (Fsp3) is 0.267. The molecule has 0 unspecified atom stereocenters. The summed E-state index contributed by atoms with van der Waals surface area (Å²) in [5, 5.41) is 9.01. The predicted octanol–water partition coefficient (Wildman–Crippen LogP) is 3.23. The number of aryl methyl sites for hydroxylation is 1. The van der Waals surface area contributed by atoms with Gasteiger partial charge in [0.05, 0.1) is 18.2 Å². The molecule has 0 aliphatic carbocycles. The van der Waals surface area contributed by atoms with Crippen LogP contribution in [-0.4, -0.2) is 11.9 Å². The monoisotopic (exact) mass is 258 g/mol. The van der Waals surface area contributed by atoms with Gasteiger partial charge in [-0.1, -0.05) is 0 Å². The van der Waals surface area contributed by atoms with Crippen molar-refractivity contribution in [1.82, 2.24) is 4.90 Å². The number of halogens is 1. The van der Waals surface area contributed by atoms with Crippen LogP contribution in [0.3, 0.4) is 0 Å². The van der Waals surface area contributed by atoms with Crippen LogP contribution in [0, 0.1) is 24.1 Å². The number of rotatable bonds is 4. The summed E-state index contributed by atoms with van der Waals surface area (Å²) < 4.78 is 18.7. The second-order valence-corrected chi connectivity index (χ2v) is 4.60. The Balaban J connectivity index is 2.08. The molecule has 1 aromatic carbocycles. The molecular weight excluding hydrogens is 243 g/mol. The zero-order chi connectivity index (χ0) is 13.8. The highest BCUT2D eigenvalue weighted by molar-refractivity contribution is 5.37. The van der Waals surface area contributed by atoms with Crippen molar-refractivity contribution in [2.45, 2.75) is 20.0 Å². The van der Waals surface area contributed by atoms with Gasteiger partial charge in [0, 0.05) is 6.54 Å². The first-order valence-electron chi connectivity index (χ1n) is 6.01. The van der Waals surface area contributed by atoms with Gasteiger partial charge in [-0.05, 0) is 49.9 Å². The molecule has 19 heavy (non-hydrogen) atoms. The fourth-order valence-corrected chi connectivity index (χ4v) is 1.99. The SMILES string of the molecule is Cc1ccc(CN(C)Cc2cc(F)ccc2C#N)o1. The van der Waals surface area contributed by atoms with Crippen LogP contribution in [-0.2, 0) is 13.1 Å². The van der Waals surface area contributed by atoms with Gasteiger partial charge in [-0.25, -0.2) is 4.39 Å². The Labute approximate surface area is 111 Å². The quantitative estimate of drug-likeness (QED) is 0.845. The average molecular weight is 258 g/mol. The molecule has 2 aromatic rings. The van der Waals surface area contributed by atoms with Crippen LogP contribution in [0.4, 0.5) is 4.39 Å². The third kappa shape index (κ3) is 3.43. The van der Waals surface area contributed by atoms with Gasteiger partial charge in [0.15, 0.2) is 0 Å². The minimum atomic E-state index is -0.323. The molecule has 0 aliphatic rings. The minimum Gasteiger partial charge on any atom is -0.465 e. The maximum atomic E-state index is 13.2. The number of nitrogens with zero attached hydrogens (tertiary/aromatic N) is 2. The smallest absolute Gasteiger partial charge is 0.123 e. The lowest BCUT2D eigenvalue weighted by Gasteiger charge is -2.16. The van der Waals surface area contributed by atoms with Crippen LogP contribution < -0.4 is 0 Å². The molecule has 4 heteroatoms. The number of hydrogen-bond donors (Lipinski definition) is 0. The van der Waals surface area contributed by atoms with Crippen molar-refractivity contribution in [3.05, 3.63) is 58.8 Å². The predicted molar refractivity (Wildman–Crippen MR) is 69.7 cm³/mol. The highest BCUT2D eigenvalue weighted by Gasteiger charge is 2.09. The van der Waals surface area contributed by atoms with Crippen LogP contribution in [0.15, 0.2) is 34.7 Å². The van der Waals surface area contributed by atoms with E-state index in [1.807, 2.05) is 31.0 Å². The summed E-state index contributed by atoms with van der Waals surface area (Å²) in [5.74, 6) is 1.40. The molecule has 0 radical (unpaired) electrons. The third-order valence-electron chi connectivity index (χ3n) is 2.85. The molecule has 1 heterocycles. The number of furan rings is 1. The normalized spacial score (nSPS) is 10.7. The van der Waals surface area contributed by atoms with Gasteiger partial charge in [0.1, 0.15) is 17.3 Å². The molecule has 0 saturated carbocycles. The van der Waals surface area contributed by atoms with Crippen molar-refractivity contribution in [2.24, 2.45) is 0 Å². The van der Waals surface area contributed by atoms with E-state index in [1.54, 1.807) is 0 Å². The molecule has 0 spiro atoms. The zero-order valence-corrected chi connectivity index (χ0v) is 11.0. The molecule has 1 aromatic heterocycles. The molecule has 0 aliphatic heterocycles. The van der Waals surface area contributed by atoms with Gasteiger partial charge >= 0.3 is 0 Å². The molecule has 0 amide bonds. The molecule has 0 fully saturated rings. The van der Waals surface area contributed by atoms with Gasteiger partial charge in [-0.2, -0.15) is 5.26 Å². The van der Waals surface area contributed by atoms with Crippen molar-refractivity contribution in [3.8, 4) is 6.07 Å². The molecule has 3 nitrogen and oxygen atoms in total.